The van der Waals surface area contributed by atoms with Crippen LogP contribution in [0, 0.1) is 12.8 Å². The number of nitrogens with zero attached hydrogens (tertiary/aromatic N) is 1. The molecule has 0 radical (unpaired) electrons. The Hall–Kier alpha value is -0.490. The second-order valence-electron chi connectivity index (χ2n) is 6.08. The summed E-state index contributed by atoms with van der Waals surface area (Å²) in [7, 11) is 0. The lowest BCUT2D eigenvalue weighted by Gasteiger charge is -2.22. The quantitative estimate of drug-likeness (QED) is 0.688. The first kappa shape index (κ1) is 16.9. The lowest BCUT2D eigenvalue weighted by Crippen LogP contribution is -2.39. The van der Waals surface area contributed by atoms with Crippen LogP contribution in [0.3, 0.4) is 0 Å². The lowest BCUT2D eigenvalue weighted by molar-refractivity contribution is 0.0364. The number of aryl methyl sites for hydroxylation is 1. The molecule has 2 N–H and O–H groups in total. The smallest absolute Gasteiger partial charge is 0.0897 e. The third-order valence-electron chi connectivity index (χ3n) is 4.41. The SMILES string of the molecule is Cc1ncsc1CCOCC(O)CNC(C)C1CCCC1. The second-order valence-corrected chi connectivity index (χ2v) is 7.02. The Morgan fingerprint density at radius 3 is 2.90 bits per heavy atom. The van der Waals surface area contributed by atoms with Gasteiger partial charge in [-0.2, -0.15) is 0 Å². The lowest BCUT2D eigenvalue weighted by atomic mass is 10.00. The monoisotopic (exact) mass is 312 g/mol. The first-order chi connectivity index (χ1) is 10.2. The van der Waals surface area contributed by atoms with E-state index in [9.17, 15) is 5.11 Å². The standard InChI is InChI=1S/C16H28N2O2S/c1-12(14-5-3-4-6-14)17-9-15(19)10-20-8-7-16-13(2)18-11-21-16/h11-12,14-15,17,19H,3-10H2,1-2H3. The molecular weight excluding hydrogens is 284 g/mol. The third kappa shape index (κ3) is 5.66. The van der Waals surface area contributed by atoms with Crippen LogP contribution in [-0.4, -0.2) is 42.0 Å². The van der Waals surface area contributed by atoms with Gasteiger partial charge in [-0.3, -0.25) is 0 Å². The van der Waals surface area contributed by atoms with Gasteiger partial charge < -0.3 is 15.2 Å². The van der Waals surface area contributed by atoms with Crippen molar-refractivity contribution < 1.29 is 9.84 Å². The van der Waals surface area contributed by atoms with Crippen LogP contribution in [0.1, 0.15) is 43.2 Å². The van der Waals surface area contributed by atoms with Gasteiger partial charge in [0.15, 0.2) is 0 Å². The predicted molar refractivity (Wildman–Crippen MR) is 86.8 cm³/mol. The molecule has 1 saturated carbocycles. The summed E-state index contributed by atoms with van der Waals surface area (Å²) in [4.78, 5) is 5.50. The number of hydrogen-bond donors (Lipinski definition) is 2. The van der Waals surface area contributed by atoms with Crippen molar-refractivity contribution in [3.63, 3.8) is 0 Å². The highest BCUT2D eigenvalue weighted by molar-refractivity contribution is 7.09. The van der Waals surface area contributed by atoms with Crippen molar-refractivity contribution in [2.45, 2.75) is 58.1 Å². The van der Waals surface area contributed by atoms with Crippen LogP contribution < -0.4 is 5.32 Å². The zero-order valence-electron chi connectivity index (χ0n) is 13.2. The Morgan fingerprint density at radius 1 is 1.48 bits per heavy atom. The number of aliphatic hydroxyl groups excluding tert-OH is 1. The number of ether oxygens (including phenoxy) is 1. The van der Waals surface area contributed by atoms with Gasteiger partial charge in [-0.1, -0.05) is 12.8 Å². The summed E-state index contributed by atoms with van der Waals surface area (Å²) >= 11 is 1.67. The fourth-order valence-corrected chi connectivity index (χ4v) is 3.72. The van der Waals surface area contributed by atoms with Crippen molar-refractivity contribution in [2.75, 3.05) is 19.8 Å². The molecule has 1 heterocycles. The van der Waals surface area contributed by atoms with E-state index in [-0.39, 0.29) is 0 Å². The first-order valence-corrected chi connectivity index (χ1v) is 8.93. The van der Waals surface area contributed by atoms with E-state index in [1.807, 2.05) is 12.4 Å². The maximum absolute atomic E-state index is 9.96. The van der Waals surface area contributed by atoms with Crippen LogP contribution in [0.5, 0.6) is 0 Å². The van der Waals surface area contributed by atoms with Crippen LogP contribution >= 0.6 is 11.3 Å². The van der Waals surface area contributed by atoms with Gasteiger partial charge in [-0.15, -0.1) is 11.3 Å². The topological polar surface area (TPSA) is 54.4 Å². The fraction of sp³-hybridized carbons (Fsp3) is 0.812. The molecule has 0 aliphatic heterocycles. The molecule has 4 nitrogen and oxygen atoms in total. The molecule has 0 aromatic carbocycles. The van der Waals surface area contributed by atoms with Crippen LogP contribution in [0.4, 0.5) is 0 Å². The van der Waals surface area contributed by atoms with Gasteiger partial charge in [-0.05, 0) is 32.6 Å². The average Bonchev–Trinajstić information content (AvgIpc) is 3.13. The molecular formula is C16H28N2O2S. The van der Waals surface area contributed by atoms with Gasteiger partial charge >= 0.3 is 0 Å². The molecule has 2 rings (SSSR count). The highest BCUT2D eigenvalue weighted by Gasteiger charge is 2.21. The van der Waals surface area contributed by atoms with Crippen LogP contribution in [0.25, 0.3) is 0 Å². The maximum atomic E-state index is 9.96. The number of thiazole rings is 1. The Balaban J connectivity index is 1.53. The summed E-state index contributed by atoms with van der Waals surface area (Å²) < 4.78 is 5.57. The zero-order chi connectivity index (χ0) is 15.1. The van der Waals surface area contributed by atoms with E-state index >= 15 is 0 Å². The summed E-state index contributed by atoms with van der Waals surface area (Å²) in [5, 5.41) is 13.4. The van der Waals surface area contributed by atoms with E-state index < -0.39 is 6.10 Å². The molecule has 0 saturated heterocycles. The number of aliphatic hydroxyl groups is 1. The van der Waals surface area contributed by atoms with Gasteiger partial charge in [0.25, 0.3) is 0 Å². The predicted octanol–water partition coefficient (Wildman–Crippen LogP) is 2.54. The Bertz CT molecular complexity index is 405. The van der Waals surface area contributed by atoms with E-state index in [0.717, 1.165) is 18.0 Å². The first-order valence-electron chi connectivity index (χ1n) is 8.05. The molecule has 1 aliphatic rings. The Morgan fingerprint density at radius 2 is 2.24 bits per heavy atom. The van der Waals surface area contributed by atoms with Crippen molar-refractivity contribution >= 4 is 11.3 Å². The molecule has 5 heteroatoms. The highest BCUT2D eigenvalue weighted by Crippen LogP contribution is 2.27. The number of aromatic nitrogens is 1. The molecule has 1 fully saturated rings. The Labute approximate surface area is 131 Å². The largest absolute Gasteiger partial charge is 0.389 e. The van der Waals surface area contributed by atoms with E-state index in [0.29, 0.717) is 25.8 Å². The van der Waals surface area contributed by atoms with Crippen LogP contribution in [0.2, 0.25) is 0 Å². The molecule has 120 valence electrons. The normalized spacial score (nSPS) is 19.0. The summed E-state index contributed by atoms with van der Waals surface area (Å²) in [5.74, 6) is 0.785. The molecule has 0 bridgehead atoms. The van der Waals surface area contributed by atoms with E-state index in [2.05, 4.69) is 17.2 Å². The number of hydrogen-bond acceptors (Lipinski definition) is 5. The average molecular weight is 312 g/mol. The van der Waals surface area contributed by atoms with Crippen molar-refractivity contribution in [3.8, 4) is 0 Å². The van der Waals surface area contributed by atoms with Crippen molar-refractivity contribution in [2.24, 2.45) is 5.92 Å². The molecule has 1 aliphatic carbocycles. The van der Waals surface area contributed by atoms with E-state index in [1.165, 1.54) is 30.6 Å². The third-order valence-corrected chi connectivity index (χ3v) is 5.41. The van der Waals surface area contributed by atoms with Gasteiger partial charge in [0.2, 0.25) is 0 Å². The van der Waals surface area contributed by atoms with Crippen molar-refractivity contribution in [1.82, 2.24) is 10.3 Å². The van der Waals surface area contributed by atoms with Crippen molar-refractivity contribution in [1.29, 1.82) is 0 Å². The van der Waals surface area contributed by atoms with Gasteiger partial charge in [-0.25, -0.2) is 4.98 Å². The molecule has 1 aromatic rings. The van der Waals surface area contributed by atoms with E-state index in [1.54, 1.807) is 11.3 Å². The minimum atomic E-state index is -0.420. The molecule has 2 atom stereocenters. The number of nitrogens with one attached hydrogen (secondary N) is 1. The van der Waals surface area contributed by atoms with Gasteiger partial charge in [0.05, 0.1) is 30.5 Å². The second kappa shape index (κ2) is 8.83. The van der Waals surface area contributed by atoms with Crippen molar-refractivity contribution in [3.05, 3.63) is 16.1 Å². The maximum Gasteiger partial charge on any atom is 0.0897 e. The van der Waals surface area contributed by atoms with Gasteiger partial charge in [0.1, 0.15) is 0 Å². The fourth-order valence-electron chi connectivity index (χ4n) is 2.96. The summed E-state index contributed by atoms with van der Waals surface area (Å²) in [6.45, 7) is 5.93. The highest BCUT2D eigenvalue weighted by atomic mass is 32.1. The summed E-state index contributed by atoms with van der Waals surface area (Å²) in [6, 6.07) is 0.502. The minimum Gasteiger partial charge on any atom is -0.389 e. The summed E-state index contributed by atoms with van der Waals surface area (Å²) in [5.41, 5.74) is 2.96. The molecule has 0 amide bonds. The molecule has 1 aromatic heterocycles. The molecule has 21 heavy (non-hydrogen) atoms. The van der Waals surface area contributed by atoms with Crippen LogP contribution in [0.15, 0.2) is 5.51 Å². The Kier molecular flexibility index (Phi) is 7.10. The van der Waals surface area contributed by atoms with Gasteiger partial charge in [0, 0.05) is 23.9 Å². The summed E-state index contributed by atoms with van der Waals surface area (Å²) in [6.07, 6.45) is 5.84. The molecule has 2 unspecified atom stereocenters. The minimum absolute atomic E-state index is 0.405. The number of rotatable bonds is 9. The molecule has 0 spiro atoms. The van der Waals surface area contributed by atoms with E-state index in [4.69, 9.17) is 4.74 Å². The zero-order valence-corrected chi connectivity index (χ0v) is 14.0. The van der Waals surface area contributed by atoms with Crippen LogP contribution in [-0.2, 0) is 11.2 Å².